The molecule has 1 aliphatic rings. The lowest BCUT2D eigenvalue weighted by atomic mass is 10.0. The Balaban J connectivity index is 2.36. The van der Waals surface area contributed by atoms with Gasteiger partial charge in [-0.15, -0.1) is 0 Å². The Hall–Kier alpha value is -0.690. The second kappa shape index (κ2) is 3.47. The largest absolute Gasteiger partial charge is 0.474 e. The van der Waals surface area contributed by atoms with Gasteiger partial charge >= 0.3 is 0 Å². The van der Waals surface area contributed by atoms with E-state index in [0.717, 1.165) is 5.01 Å². The van der Waals surface area contributed by atoms with E-state index in [1.54, 1.807) is 6.92 Å². The number of aryl methyl sites for hydroxylation is 1. The first-order valence-corrected chi connectivity index (χ1v) is 5.06. The van der Waals surface area contributed by atoms with Crippen LogP contribution in [0.5, 0.6) is 5.06 Å². The Labute approximate surface area is 84.6 Å². The van der Waals surface area contributed by atoms with Crippen molar-refractivity contribution in [2.75, 3.05) is 6.61 Å². The lowest BCUT2D eigenvalue weighted by Crippen LogP contribution is -2.42. The minimum Gasteiger partial charge on any atom is -0.474 e. The van der Waals surface area contributed by atoms with Gasteiger partial charge in [0.15, 0.2) is 6.10 Å². The number of hydrogen-bond donors (Lipinski definition) is 3. The molecule has 0 spiro atoms. The first kappa shape index (κ1) is 9.85. The summed E-state index contributed by atoms with van der Waals surface area (Å²) in [7, 11) is 0. The molecular formula is C8H11NO4S. The Morgan fingerprint density at radius 1 is 1.50 bits per heavy atom. The van der Waals surface area contributed by atoms with E-state index in [9.17, 15) is 10.2 Å². The molecule has 1 aromatic heterocycles. The number of rotatable bonds is 1. The zero-order valence-corrected chi connectivity index (χ0v) is 8.36. The number of aliphatic hydroxyl groups excluding tert-OH is 3. The molecular weight excluding hydrogens is 206 g/mol. The highest BCUT2D eigenvalue weighted by Gasteiger charge is 2.38. The summed E-state index contributed by atoms with van der Waals surface area (Å²) in [5.41, 5.74) is 0.365. The summed E-state index contributed by atoms with van der Waals surface area (Å²) in [4.78, 5) is 4.05. The third kappa shape index (κ3) is 1.40. The third-order valence-corrected chi connectivity index (χ3v) is 3.03. The van der Waals surface area contributed by atoms with Crippen LogP contribution in [0.3, 0.4) is 0 Å². The van der Waals surface area contributed by atoms with Gasteiger partial charge in [-0.05, 0) is 6.92 Å². The van der Waals surface area contributed by atoms with Crippen molar-refractivity contribution in [3.05, 3.63) is 10.7 Å². The number of aromatic nitrogens is 1. The van der Waals surface area contributed by atoms with Crippen molar-refractivity contribution in [1.29, 1.82) is 0 Å². The average Bonchev–Trinajstić information content (AvgIpc) is 2.52. The Morgan fingerprint density at radius 3 is 2.86 bits per heavy atom. The fourth-order valence-electron chi connectivity index (χ4n) is 1.41. The van der Waals surface area contributed by atoms with E-state index in [4.69, 9.17) is 9.84 Å². The molecule has 1 aromatic rings. The average molecular weight is 217 g/mol. The Morgan fingerprint density at radius 2 is 2.21 bits per heavy atom. The summed E-state index contributed by atoms with van der Waals surface area (Å²) in [5.74, 6) is 0. The van der Waals surface area contributed by atoms with Gasteiger partial charge in [0, 0.05) is 0 Å². The summed E-state index contributed by atoms with van der Waals surface area (Å²) in [6, 6.07) is 0. The number of aliphatic hydroxyl groups is 3. The predicted octanol–water partition coefficient (Wildman–Crippen LogP) is -0.401. The zero-order valence-electron chi connectivity index (χ0n) is 7.54. The van der Waals surface area contributed by atoms with Crippen LogP contribution in [0.25, 0.3) is 0 Å². The molecule has 0 aromatic carbocycles. The fraction of sp³-hybridized carbons (Fsp3) is 0.625. The summed E-state index contributed by atoms with van der Waals surface area (Å²) in [6.45, 7) is 1.47. The quantitative estimate of drug-likeness (QED) is 0.596. The molecule has 14 heavy (non-hydrogen) atoms. The van der Waals surface area contributed by atoms with Gasteiger partial charge in [0.2, 0.25) is 5.06 Å². The van der Waals surface area contributed by atoms with Crippen LogP contribution in [0.15, 0.2) is 0 Å². The number of ether oxygens (including phenoxy) is 1. The molecule has 0 amide bonds. The highest BCUT2D eigenvalue weighted by atomic mass is 32.1. The van der Waals surface area contributed by atoms with Crippen LogP contribution in [0, 0.1) is 6.92 Å². The van der Waals surface area contributed by atoms with Crippen molar-refractivity contribution >= 4 is 11.3 Å². The SMILES string of the molecule is Cc1nc2c(s1)O[C@H](CO)[C@H](O)[C@@H]2O. The summed E-state index contributed by atoms with van der Waals surface area (Å²) < 4.78 is 5.28. The van der Waals surface area contributed by atoms with Gasteiger partial charge in [-0.3, -0.25) is 0 Å². The molecule has 78 valence electrons. The van der Waals surface area contributed by atoms with Gasteiger partial charge in [0.1, 0.15) is 17.9 Å². The molecule has 2 rings (SSSR count). The molecule has 2 heterocycles. The molecule has 0 bridgehead atoms. The van der Waals surface area contributed by atoms with E-state index in [1.807, 2.05) is 0 Å². The van der Waals surface area contributed by atoms with Gasteiger partial charge in [-0.2, -0.15) is 0 Å². The molecule has 0 unspecified atom stereocenters. The van der Waals surface area contributed by atoms with Gasteiger partial charge in [0.05, 0.1) is 11.6 Å². The molecule has 3 atom stereocenters. The highest BCUT2D eigenvalue weighted by Crippen LogP contribution is 2.38. The number of nitrogens with zero attached hydrogens (tertiary/aromatic N) is 1. The Kier molecular flexibility index (Phi) is 2.44. The Bertz CT molecular complexity index is 340. The van der Waals surface area contributed by atoms with E-state index in [-0.39, 0.29) is 6.61 Å². The lowest BCUT2D eigenvalue weighted by Gasteiger charge is -2.29. The highest BCUT2D eigenvalue weighted by molar-refractivity contribution is 7.13. The molecule has 3 N–H and O–H groups in total. The second-order valence-electron chi connectivity index (χ2n) is 3.18. The summed E-state index contributed by atoms with van der Waals surface area (Å²) in [5, 5.41) is 29.3. The van der Waals surface area contributed by atoms with Gasteiger partial charge < -0.3 is 20.1 Å². The molecule has 1 aliphatic heterocycles. The molecule has 0 saturated carbocycles. The van der Waals surface area contributed by atoms with Crippen LogP contribution in [0.2, 0.25) is 0 Å². The van der Waals surface area contributed by atoms with Crippen LogP contribution < -0.4 is 4.74 Å². The van der Waals surface area contributed by atoms with Crippen molar-refractivity contribution in [2.24, 2.45) is 0 Å². The minimum absolute atomic E-state index is 0.325. The maximum atomic E-state index is 9.65. The number of hydrogen-bond acceptors (Lipinski definition) is 6. The van der Waals surface area contributed by atoms with E-state index >= 15 is 0 Å². The number of fused-ring (bicyclic) bond motifs is 1. The van der Waals surface area contributed by atoms with E-state index in [2.05, 4.69) is 4.98 Å². The van der Waals surface area contributed by atoms with Crippen LogP contribution in [0.4, 0.5) is 0 Å². The van der Waals surface area contributed by atoms with Crippen molar-refractivity contribution in [3.63, 3.8) is 0 Å². The monoisotopic (exact) mass is 217 g/mol. The van der Waals surface area contributed by atoms with Crippen LogP contribution >= 0.6 is 11.3 Å². The summed E-state index contributed by atoms with van der Waals surface area (Å²) >= 11 is 1.30. The lowest BCUT2D eigenvalue weighted by molar-refractivity contribution is -0.0836. The normalized spacial score (nSPS) is 31.0. The van der Waals surface area contributed by atoms with Crippen LogP contribution in [-0.2, 0) is 0 Å². The molecule has 0 fully saturated rings. The molecule has 5 nitrogen and oxygen atoms in total. The maximum Gasteiger partial charge on any atom is 0.200 e. The molecule has 6 heteroatoms. The van der Waals surface area contributed by atoms with Gasteiger partial charge in [-0.1, -0.05) is 11.3 Å². The second-order valence-corrected chi connectivity index (χ2v) is 4.35. The zero-order chi connectivity index (χ0) is 10.3. The van der Waals surface area contributed by atoms with E-state index < -0.39 is 18.3 Å². The topological polar surface area (TPSA) is 82.8 Å². The molecule has 0 aliphatic carbocycles. The molecule has 0 saturated heterocycles. The van der Waals surface area contributed by atoms with Crippen molar-refractivity contribution in [3.8, 4) is 5.06 Å². The van der Waals surface area contributed by atoms with E-state index in [0.29, 0.717) is 10.8 Å². The fourth-order valence-corrected chi connectivity index (χ4v) is 2.27. The minimum atomic E-state index is -1.12. The van der Waals surface area contributed by atoms with Crippen molar-refractivity contribution in [2.45, 2.75) is 25.2 Å². The smallest absolute Gasteiger partial charge is 0.200 e. The maximum absolute atomic E-state index is 9.65. The number of thiazole rings is 1. The van der Waals surface area contributed by atoms with Crippen molar-refractivity contribution in [1.82, 2.24) is 4.98 Å². The standard InChI is InChI=1S/C8H11NO4S/c1-3-9-5-7(12)6(11)4(2-10)13-8(5)14-3/h4,6-7,10-12H,2H2,1H3/t4-,6+,7-/m1/s1. The van der Waals surface area contributed by atoms with Crippen molar-refractivity contribution < 1.29 is 20.1 Å². The first-order valence-electron chi connectivity index (χ1n) is 4.24. The molecule has 0 radical (unpaired) electrons. The summed E-state index contributed by atoms with van der Waals surface area (Å²) in [6.07, 6.45) is -2.95. The van der Waals surface area contributed by atoms with Gasteiger partial charge in [0.25, 0.3) is 0 Å². The van der Waals surface area contributed by atoms with Gasteiger partial charge in [-0.25, -0.2) is 4.98 Å². The first-order chi connectivity index (χ1) is 6.63. The van der Waals surface area contributed by atoms with E-state index in [1.165, 1.54) is 11.3 Å². The van der Waals surface area contributed by atoms with Crippen LogP contribution in [-0.4, -0.2) is 39.1 Å². The predicted molar refractivity (Wildman–Crippen MR) is 49.3 cm³/mol. The van der Waals surface area contributed by atoms with Crippen LogP contribution in [0.1, 0.15) is 16.8 Å². The third-order valence-electron chi connectivity index (χ3n) is 2.15.